The number of benzene rings is 5. The van der Waals surface area contributed by atoms with E-state index >= 15 is 0 Å². The Morgan fingerprint density at radius 1 is 0.656 bits per heavy atom. The van der Waals surface area contributed by atoms with Gasteiger partial charge < -0.3 is 37.7 Å². The minimum atomic E-state index is -1.23. The first-order chi connectivity index (χ1) is 29.4. The van der Waals surface area contributed by atoms with Gasteiger partial charge in [-0.2, -0.15) is 0 Å². The lowest BCUT2D eigenvalue weighted by Gasteiger charge is -2.55. The average Bonchev–Trinajstić information content (AvgIpc) is 3.59. The van der Waals surface area contributed by atoms with Crippen molar-refractivity contribution in [1.29, 1.82) is 0 Å². The number of esters is 1. The van der Waals surface area contributed by atoms with Crippen molar-refractivity contribution in [2.45, 2.75) is 109 Å². The van der Waals surface area contributed by atoms with Crippen LogP contribution in [0.5, 0.6) is 0 Å². The van der Waals surface area contributed by atoms with Gasteiger partial charge in [0.05, 0.1) is 68.3 Å². The van der Waals surface area contributed by atoms with E-state index in [0.29, 0.717) is 19.8 Å². The monoisotopic (exact) mass is 824 g/mol. The molecule has 0 spiro atoms. The Hall–Kier alpha value is -4.65. The molecule has 9 nitrogen and oxygen atoms in total. The third kappa shape index (κ3) is 9.27. The second-order valence-corrected chi connectivity index (χ2v) is 17.5. The van der Waals surface area contributed by atoms with Gasteiger partial charge >= 0.3 is 13.1 Å². The molecule has 10 heteroatoms. The van der Waals surface area contributed by atoms with Gasteiger partial charge in [0.25, 0.3) is 0 Å². The van der Waals surface area contributed by atoms with Crippen LogP contribution >= 0.6 is 0 Å². The quantitative estimate of drug-likeness (QED) is 0.0674. The van der Waals surface area contributed by atoms with Gasteiger partial charge in [-0.3, -0.25) is 4.79 Å². The molecular formula is C51H57BO9. The summed E-state index contributed by atoms with van der Waals surface area (Å²) >= 11 is 0. The van der Waals surface area contributed by atoms with Crippen molar-refractivity contribution < 1.29 is 42.5 Å². The number of carbonyl (C=O) groups excluding carboxylic acids is 1. The maximum atomic E-state index is 13.1. The maximum absolute atomic E-state index is 13.1. The minimum Gasteiger partial charge on any atom is -0.455 e. The Bertz CT molecular complexity index is 2190. The second-order valence-electron chi connectivity index (χ2n) is 17.5. The Morgan fingerprint density at radius 2 is 1.15 bits per heavy atom. The summed E-state index contributed by atoms with van der Waals surface area (Å²) in [6, 6.07) is 46.4. The number of aryl methyl sites for hydroxylation is 1. The molecule has 318 valence electrons. The molecule has 0 amide bonds. The predicted octanol–water partition coefficient (Wildman–Crippen LogP) is 8.84. The molecular weight excluding hydrogens is 767 g/mol. The molecule has 2 aliphatic heterocycles. The van der Waals surface area contributed by atoms with Crippen LogP contribution in [0.1, 0.15) is 74.1 Å². The van der Waals surface area contributed by atoms with Gasteiger partial charge in [0.15, 0.2) is 11.9 Å². The minimum absolute atomic E-state index is 0.262. The molecule has 5 aromatic carbocycles. The lowest BCUT2D eigenvalue weighted by atomic mass is 9.75. The fourth-order valence-electron chi connectivity index (χ4n) is 8.85. The molecule has 1 saturated carbocycles. The van der Waals surface area contributed by atoms with E-state index in [1.54, 1.807) is 0 Å². The molecule has 2 heterocycles. The molecule has 0 aromatic heterocycles. The second kappa shape index (κ2) is 18.4. The first-order valence-electron chi connectivity index (χ1n) is 21.4. The third-order valence-corrected chi connectivity index (χ3v) is 12.7. The van der Waals surface area contributed by atoms with Gasteiger partial charge in [-0.05, 0) is 73.5 Å². The molecule has 61 heavy (non-hydrogen) atoms. The molecule has 8 rings (SSSR count). The van der Waals surface area contributed by atoms with Crippen molar-refractivity contribution in [2.24, 2.45) is 11.8 Å². The Labute approximate surface area is 360 Å². The lowest BCUT2D eigenvalue weighted by Crippen LogP contribution is -2.66. The van der Waals surface area contributed by atoms with Gasteiger partial charge in [-0.15, -0.1) is 0 Å². The van der Waals surface area contributed by atoms with E-state index in [2.05, 4.69) is 30.3 Å². The van der Waals surface area contributed by atoms with E-state index in [4.69, 9.17) is 37.7 Å². The number of hydrogen-bond donors (Lipinski definition) is 0. The average molecular weight is 825 g/mol. The summed E-state index contributed by atoms with van der Waals surface area (Å²) in [5, 5.41) is 0. The van der Waals surface area contributed by atoms with Crippen molar-refractivity contribution in [3.8, 4) is 0 Å². The van der Waals surface area contributed by atoms with Gasteiger partial charge in [-0.1, -0.05) is 140 Å². The first kappa shape index (κ1) is 43.0. The summed E-state index contributed by atoms with van der Waals surface area (Å²) in [5.41, 5.74) is 5.70. The fraction of sp³-hybridized carbons (Fsp3) is 0.392. The zero-order valence-electron chi connectivity index (χ0n) is 36.0. The first-order valence-corrected chi connectivity index (χ1v) is 21.4. The van der Waals surface area contributed by atoms with Crippen LogP contribution in [0.4, 0.5) is 0 Å². The summed E-state index contributed by atoms with van der Waals surface area (Å²) in [4.78, 5) is 13.1. The van der Waals surface area contributed by atoms with E-state index in [9.17, 15) is 4.79 Å². The zero-order valence-corrected chi connectivity index (χ0v) is 36.0. The molecule has 0 N–H and O–H groups in total. The van der Waals surface area contributed by atoms with Crippen molar-refractivity contribution in [3.05, 3.63) is 173 Å². The van der Waals surface area contributed by atoms with Gasteiger partial charge in [0.2, 0.25) is 0 Å². The summed E-state index contributed by atoms with van der Waals surface area (Å²) < 4.78 is 54.1. The van der Waals surface area contributed by atoms with Crippen LogP contribution in [0.25, 0.3) is 0 Å². The number of carbonyl (C=O) groups is 1. The molecule has 7 atom stereocenters. The fourth-order valence-corrected chi connectivity index (χ4v) is 8.85. The number of ether oxygens (including phenoxy) is 6. The van der Waals surface area contributed by atoms with E-state index in [0.717, 1.165) is 38.8 Å². The normalized spacial score (nSPS) is 25.4. The zero-order chi connectivity index (χ0) is 42.6. The van der Waals surface area contributed by atoms with Crippen molar-refractivity contribution in [1.82, 2.24) is 0 Å². The molecule has 0 bridgehead atoms. The van der Waals surface area contributed by atoms with Crippen LogP contribution in [0.15, 0.2) is 140 Å². The highest BCUT2D eigenvalue weighted by molar-refractivity contribution is 6.62. The molecule has 2 unspecified atom stereocenters. The highest BCUT2D eigenvalue weighted by Crippen LogP contribution is 2.60. The van der Waals surface area contributed by atoms with Gasteiger partial charge in [0.1, 0.15) is 6.10 Å². The third-order valence-electron chi connectivity index (χ3n) is 12.7. The largest absolute Gasteiger partial charge is 0.494 e. The SMILES string of the molecule is CC(=O)O[C@H](c1ccc(B2OC(C)(C)C(C)(C)O2)cc1C)[C@H]1O[C@]2(OCc3ccccc3)C(COCc3ccccc3)[C@@H](OCc3ccccc3)[C@H](OCc3ccccc3)C12. The summed E-state index contributed by atoms with van der Waals surface area (Å²) in [7, 11) is -0.548. The van der Waals surface area contributed by atoms with Gasteiger partial charge in [0, 0.05) is 6.92 Å². The van der Waals surface area contributed by atoms with E-state index in [-0.39, 0.29) is 13.2 Å². The molecule has 2 saturated heterocycles. The van der Waals surface area contributed by atoms with Crippen LogP contribution in [-0.2, 0) is 69.0 Å². The summed E-state index contributed by atoms with van der Waals surface area (Å²) in [6.45, 7) is 13.2. The van der Waals surface area contributed by atoms with E-state index in [1.807, 2.05) is 144 Å². The molecule has 5 aromatic rings. The van der Waals surface area contributed by atoms with Crippen LogP contribution in [0.2, 0.25) is 0 Å². The highest BCUT2D eigenvalue weighted by atomic mass is 16.7. The standard InChI is InChI=1S/C51H57BO9/c1-35-29-41(52-60-49(3,4)50(5,6)61-52)27-28-42(35)45(58-36(2)53)48-44-47(56-32-39-23-15-9-16-24-39)46(55-31-38-21-13-8-14-22-38)43(34-54-30-37-19-11-7-12-20-37)51(44,59-48)57-33-40-25-17-10-18-26-40/h7-29,43-48H,30-34H2,1-6H3/t43?,44?,45-,46-,47-,48+,51-/m1/s1. The predicted molar refractivity (Wildman–Crippen MR) is 233 cm³/mol. The van der Waals surface area contributed by atoms with Crippen molar-refractivity contribution >= 4 is 18.6 Å². The van der Waals surface area contributed by atoms with E-state index in [1.165, 1.54) is 6.92 Å². The molecule has 1 aliphatic carbocycles. The number of fused-ring (bicyclic) bond motifs is 1. The van der Waals surface area contributed by atoms with Crippen molar-refractivity contribution in [2.75, 3.05) is 6.61 Å². The Morgan fingerprint density at radius 3 is 1.66 bits per heavy atom. The number of rotatable bonds is 17. The van der Waals surface area contributed by atoms with Crippen LogP contribution < -0.4 is 5.46 Å². The lowest BCUT2D eigenvalue weighted by molar-refractivity contribution is -0.417. The van der Waals surface area contributed by atoms with Crippen LogP contribution in [-0.4, -0.2) is 55.0 Å². The smallest absolute Gasteiger partial charge is 0.455 e. The molecule has 3 fully saturated rings. The number of hydrogen-bond acceptors (Lipinski definition) is 9. The van der Waals surface area contributed by atoms with Crippen LogP contribution in [0.3, 0.4) is 0 Å². The summed E-state index contributed by atoms with van der Waals surface area (Å²) in [6.07, 6.45) is -2.55. The van der Waals surface area contributed by atoms with Crippen molar-refractivity contribution in [3.63, 3.8) is 0 Å². The summed E-state index contributed by atoms with van der Waals surface area (Å²) in [5.74, 6) is -2.53. The van der Waals surface area contributed by atoms with Crippen LogP contribution in [0, 0.1) is 18.8 Å². The molecule has 0 radical (unpaired) electrons. The maximum Gasteiger partial charge on any atom is 0.494 e. The highest BCUT2D eigenvalue weighted by Gasteiger charge is 2.75. The van der Waals surface area contributed by atoms with E-state index < -0.39 is 66.3 Å². The topological polar surface area (TPSA) is 90.9 Å². The molecule has 3 aliphatic rings. The Balaban J connectivity index is 1.19. The Kier molecular flexibility index (Phi) is 13.0. The van der Waals surface area contributed by atoms with Gasteiger partial charge in [-0.25, -0.2) is 0 Å².